The molecular weight excluding hydrogens is 240 g/mol. The van der Waals surface area contributed by atoms with Gasteiger partial charge in [0.05, 0.1) is 13.5 Å². The molecule has 0 radical (unpaired) electrons. The molecule has 0 spiro atoms. The minimum absolute atomic E-state index is 0.221. The summed E-state index contributed by atoms with van der Waals surface area (Å²) in [6.07, 6.45) is 0.441. The molecule has 3 rings (SSSR count). The van der Waals surface area contributed by atoms with Crippen LogP contribution in [0.5, 0.6) is 5.75 Å². The van der Waals surface area contributed by atoms with E-state index in [1.54, 1.807) is 7.11 Å². The Balaban J connectivity index is 1.65. The molecule has 1 amide bonds. The molecule has 2 fully saturated rings. The van der Waals surface area contributed by atoms with Crippen LogP contribution in [-0.2, 0) is 11.2 Å². The number of nitrogens with zero attached hydrogens (tertiary/aromatic N) is 1. The van der Waals surface area contributed by atoms with E-state index in [0.29, 0.717) is 18.3 Å². The number of benzene rings is 1. The number of hydrogen-bond donors (Lipinski definition) is 1. The molecule has 102 valence electrons. The van der Waals surface area contributed by atoms with Gasteiger partial charge in [-0.3, -0.25) is 4.79 Å². The van der Waals surface area contributed by atoms with Crippen molar-refractivity contribution in [1.29, 1.82) is 0 Å². The standard InChI is InChI=1S/C15H20N2O2/c1-19-14-5-3-2-4-11(14)6-15(18)17-9-12-7-16-8-13(12)10-17/h2-5,12-13,16H,6-10H2,1H3/t12-,13+. The maximum atomic E-state index is 12.4. The van der Waals surface area contributed by atoms with Gasteiger partial charge in [-0.25, -0.2) is 0 Å². The highest BCUT2D eigenvalue weighted by atomic mass is 16.5. The number of rotatable bonds is 3. The van der Waals surface area contributed by atoms with Crippen LogP contribution in [0.4, 0.5) is 0 Å². The molecule has 19 heavy (non-hydrogen) atoms. The Labute approximate surface area is 113 Å². The van der Waals surface area contributed by atoms with Gasteiger partial charge in [-0.2, -0.15) is 0 Å². The van der Waals surface area contributed by atoms with Crippen molar-refractivity contribution in [3.63, 3.8) is 0 Å². The highest BCUT2D eigenvalue weighted by Gasteiger charge is 2.37. The normalized spacial score (nSPS) is 25.4. The number of amides is 1. The fourth-order valence-corrected chi connectivity index (χ4v) is 3.18. The second-order valence-electron chi connectivity index (χ2n) is 5.47. The average molecular weight is 260 g/mol. The molecule has 0 aliphatic carbocycles. The predicted octanol–water partition coefficient (Wildman–Crippen LogP) is 0.915. The largest absolute Gasteiger partial charge is 0.496 e. The zero-order chi connectivity index (χ0) is 13.2. The van der Waals surface area contributed by atoms with E-state index < -0.39 is 0 Å². The van der Waals surface area contributed by atoms with Crippen molar-refractivity contribution in [2.24, 2.45) is 11.8 Å². The van der Waals surface area contributed by atoms with Gasteiger partial charge in [0, 0.05) is 31.7 Å². The van der Waals surface area contributed by atoms with Gasteiger partial charge in [0.1, 0.15) is 5.75 Å². The lowest BCUT2D eigenvalue weighted by atomic mass is 10.0. The molecule has 0 bridgehead atoms. The van der Waals surface area contributed by atoms with Gasteiger partial charge in [-0.1, -0.05) is 18.2 Å². The number of likely N-dealkylation sites (tertiary alicyclic amines) is 1. The monoisotopic (exact) mass is 260 g/mol. The van der Waals surface area contributed by atoms with E-state index in [-0.39, 0.29) is 5.91 Å². The Bertz CT molecular complexity index is 463. The topological polar surface area (TPSA) is 41.6 Å². The number of hydrogen-bond acceptors (Lipinski definition) is 3. The zero-order valence-corrected chi connectivity index (χ0v) is 11.3. The van der Waals surface area contributed by atoms with E-state index >= 15 is 0 Å². The average Bonchev–Trinajstić information content (AvgIpc) is 3.00. The fraction of sp³-hybridized carbons (Fsp3) is 0.533. The lowest BCUT2D eigenvalue weighted by molar-refractivity contribution is -0.129. The Hall–Kier alpha value is -1.55. The van der Waals surface area contributed by atoms with Crippen LogP contribution >= 0.6 is 0 Å². The summed E-state index contributed by atoms with van der Waals surface area (Å²) in [4.78, 5) is 14.4. The van der Waals surface area contributed by atoms with Crippen molar-refractivity contribution in [3.05, 3.63) is 29.8 Å². The van der Waals surface area contributed by atoms with E-state index in [1.807, 2.05) is 29.2 Å². The van der Waals surface area contributed by atoms with Crippen LogP contribution in [-0.4, -0.2) is 44.1 Å². The molecule has 2 saturated heterocycles. The SMILES string of the molecule is COc1ccccc1CC(=O)N1C[C@H]2CNC[C@H]2C1. The van der Waals surface area contributed by atoms with Gasteiger partial charge in [0.2, 0.25) is 5.91 Å². The summed E-state index contributed by atoms with van der Waals surface area (Å²) < 4.78 is 5.30. The maximum Gasteiger partial charge on any atom is 0.227 e. The van der Waals surface area contributed by atoms with Crippen molar-refractivity contribution in [3.8, 4) is 5.75 Å². The molecule has 2 aliphatic rings. The zero-order valence-electron chi connectivity index (χ0n) is 11.3. The lowest BCUT2D eigenvalue weighted by Crippen LogP contribution is -2.33. The predicted molar refractivity (Wildman–Crippen MR) is 73.1 cm³/mol. The molecule has 0 aromatic heterocycles. The van der Waals surface area contributed by atoms with Crippen molar-refractivity contribution < 1.29 is 9.53 Å². The molecule has 1 aromatic carbocycles. The highest BCUT2D eigenvalue weighted by Crippen LogP contribution is 2.27. The van der Waals surface area contributed by atoms with Crippen LogP contribution in [0, 0.1) is 11.8 Å². The second kappa shape index (κ2) is 5.21. The summed E-state index contributed by atoms with van der Waals surface area (Å²) >= 11 is 0. The quantitative estimate of drug-likeness (QED) is 0.878. The molecule has 4 nitrogen and oxygen atoms in total. The van der Waals surface area contributed by atoms with E-state index in [2.05, 4.69) is 5.32 Å². The number of ether oxygens (including phenoxy) is 1. The van der Waals surface area contributed by atoms with Gasteiger partial charge in [-0.15, -0.1) is 0 Å². The van der Waals surface area contributed by atoms with Crippen molar-refractivity contribution in [2.75, 3.05) is 33.3 Å². The van der Waals surface area contributed by atoms with Gasteiger partial charge < -0.3 is 15.0 Å². The summed E-state index contributed by atoms with van der Waals surface area (Å²) in [6.45, 7) is 3.93. The number of methoxy groups -OCH3 is 1. The molecule has 1 aromatic rings. The Kier molecular flexibility index (Phi) is 3.42. The van der Waals surface area contributed by atoms with Crippen molar-refractivity contribution in [1.82, 2.24) is 10.2 Å². The number of fused-ring (bicyclic) bond motifs is 1. The van der Waals surface area contributed by atoms with E-state index in [1.165, 1.54) is 0 Å². The third-order valence-electron chi connectivity index (χ3n) is 4.28. The van der Waals surface area contributed by atoms with Crippen molar-refractivity contribution >= 4 is 5.91 Å². The fourth-order valence-electron chi connectivity index (χ4n) is 3.18. The molecule has 2 heterocycles. The van der Waals surface area contributed by atoms with Crippen LogP contribution in [0.25, 0.3) is 0 Å². The Morgan fingerprint density at radius 3 is 2.68 bits per heavy atom. The summed E-state index contributed by atoms with van der Waals surface area (Å²) in [5.74, 6) is 2.33. The highest BCUT2D eigenvalue weighted by molar-refractivity contribution is 5.79. The molecule has 2 aliphatic heterocycles. The molecular formula is C15H20N2O2. The van der Waals surface area contributed by atoms with Crippen LogP contribution in [0.15, 0.2) is 24.3 Å². The minimum Gasteiger partial charge on any atom is -0.496 e. The van der Waals surface area contributed by atoms with Crippen LogP contribution in [0.2, 0.25) is 0 Å². The van der Waals surface area contributed by atoms with Gasteiger partial charge >= 0.3 is 0 Å². The number of carbonyl (C=O) groups excluding carboxylic acids is 1. The summed E-state index contributed by atoms with van der Waals surface area (Å²) in [5, 5.41) is 3.39. The molecule has 1 N–H and O–H groups in total. The first kappa shape index (κ1) is 12.5. The first-order valence-corrected chi connectivity index (χ1v) is 6.88. The molecule has 0 unspecified atom stereocenters. The van der Waals surface area contributed by atoms with Gasteiger partial charge in [-0.05, 0) is 17.9 Å². The van der Waals surface area contributed by atoms with E-state index in [0.717, 1.165) is 37.5 Å². The first-order valence-electron chi connectivity index (χ1n) is 6.88. The molecule has 4 heteroatoms. The van der Waals surface area contributed by atoms with Gasteiger partial charge in [0.15, 0.2) is 0 Å². The number of carbonyl (C=O) groups is 1. The Morgan fingerprint density at radius 2 is 2.00 bits per heavy atom. The first-order chi connectivity index (χ1) is 9.28. The van der Waals surface area contributed by atoms with Crippen molar-refractivity contribution in [2.45, 2.75) is 6.42 Å². The smallest absolute Gasteiger partial charge is 0.227 e. The maximum absolute atomic E-state index is 12.4. The number of nitrogens with one attached hydrogen (secondary N) is 1. The number of para-hydroxylation sites is 1. The molecule has 2 atom stereocenters. The summed E-state index contributed by atoms with van der Waals surface area (Å²) in [6, 6.07) is 7.76. The third-order valence-corrected chi connectivity index (χ3v) is 4.28. The summed E-state index contributed by atoms with van der Waals surface area (Å²) in [7, 11) is 1.65. The summed E-state index contributed by atoms with van der Waals surface area (Å²) in [5.41, 5.74) is 0.977. The lowest BCUT2D eigenvalue weighted by Gasteiger charge is -2.18. The van der Waals surface area contributed by atoms with E-state index in [9.17, 15) is 4.79 Å². The Morgan fingerprint density at radius 1 is 1.32 bits per heavy atom. The minimum atomic E-state index is 0.221. The van der Waals surface area contributed by atoms with Gasteiger partial charge in [0.25, 0.3) is 0 Å². The molecule has 0 saturated carbocycles. The van der Waals surface area contributed by atoms with Crippen LogP contribution in [0.3, 0.4) is 0 Å². The van der Waals surface area contributed by atoms with E-state index in [4.69, 9.17) is 4.74 Å². The second-order valence-corrected chi connectivity index (χ2v) is 5.47. The van der Waals surface area contributed by atoms with Crippen LogP contribution in [0.1, 0.15) is 5.56 Å². The van der Waals surface area contributed by atoms with Crippen LogP contribution < -0.4 is 10.1 Å². The third kappa shape index (κ3) is 2.45.